The summed E-state index contributed by atoms with van der Waals surface area (Å²) >= 11 is 0. The first kappa shape index (κ1) is 20.6. The van der Waals surface area contributed by atoms with Gasteiger partial charge in [0.25, 0.3) is 11.2 Å². The van der Waals surface area contributed by atoms with Crippen LogP contribution in [-0.2, 0) is 7.05 Å². The molecule has 1 saturated heterocycles. The lowest BCUT2D eigenvalue weighted by molar-refractivity contribution is -0.384. The number of benzene rings is 2. The van der Waals surface area contributed by atoms with Crippen molar-refractivity contribution in [3.8, 4) is 5.69 Å². The Morgan fingerprint density at radius 2 is 1.77 bits per heavy atom. The monoisotopic (exact) mass is 419 g/mol. The van der Waals surface area contributed by atoms with Crippen LogP contribution in [0.4, 0.5) is 17.1 Å². The SMILES string of the molecule is Cc1c(N=Cc2cc([N+](=O)[O-])ccc2N2CCCCC2)c(=O)n(-c2ccccc2)n1C. The number of rotatable bonds is 5. The summed E-state index contributed by atoms with van der Waals surface area (Å²) in [5, 5.41) is 11.3. The van der Waals surface area contributed by atoms with Gasteiger partial charge < -0.3 is 4.90 Å². The fourth-order valence-corrected chi connectivity index (χ4v) is 4.02. The van der Waals surface area contributed by atoms with E-state index in [1.165, 1.54) is 18.6 Å². The number of nitrogens with zero attached hydrogens (tertiary/aromatic N) is 5. The quantitative estimate of drug-likeness (QED) is 0.353. The number of hydrogen-bond donors (Lipinski definition) is 0. The number of anilines is 1. The molecule has 4 rings (SSSR count). The Morgan fingerprint density at radius 1 is 1.06 bits per heavy atom. The number of piperidine rings is 1. The minimum Gasteiger partial charge on any atom is -0.371 e. The number of hydrogen-bond acceptors (Lipinski definition) is 5. The lowest BCUT2D eigenvalue weighted by Gasteiger charge is -2.29. The van der Waals surface area contributed by atoms with Crippen molar-refractivity contribution in [2.45, 2.75) is 26.2 Å². The molecule has 31 heavy (non-hydrogen) atoms. The summed E-state index contributed by atoms with van der Waals surface area (Å²) in [6, 6.07) is 14.2. The number of para-hydroxylation sites is 1. The summed E-state index contributed by atoms with van der Waals surface area (Å²) < 4.78 is 3.34. The van der Waals surface area contributed by atoms with Crippen molar-refractivity contribution in [1.82, 2.24) is 9.36 Å². The van der Waals surface area contributed by atoms with Crippen molar-refractivity contribution in [1.29, 1.82) is 0 Å². The number of aliphatic imine (C=N–C) groups is 1. The van der Waals surface area contributed by atoms with Gasteiger partial charge in [-0.15, -0.1) is 0 Å². The molecular weight excluding hydrogens is 394 g/mol. The topological polar surface area (TPSA) is 85.7 Å². The van der Waals surface area contributed by atoms with Crippen LogP contribution in [0.2, 0.25) is 0 Å². The van der Waals surface area contributed by atoms with Crippen LogP contribution in [0.1, 0.15) is 30.5 Å². The molecule has 1 aliphatic rings. The Labute approximate surface area is 180 Å². The molecular formula is C23H25N5O3. The Balaban J connectivity index is 1.77. The average molecular weight is 419 g/mol. The third-order valence-electron chi connectivity index (χ3n) is 5.78. The van der Waals surface area contributed by atoms with Gasteiger partial charge >= 0.3 is 0 Å². The highest BCUT2D eigenvalue weighted by molar-refractivity contribution is 5.90. The van der Waals surface area contributed by atoms with Crippen molar-refractivity contribution >= 4 is 23.3 Å². The summed E-state index contributed by atoms with van der Waals surface area (Å²) in [5.41, 5.74) is 3.12. The van der Waals surface area contributed by atoms with Crippen molar-refractivity contribution in [3.63, 3.8) is 0 Å². The maximum atomic E-state index is 13.1. The fraction of sp³-hybridized carbons (Fsp3) is 0.304. The van der Waals surface area contributed by atoms with E-state index in [2.05, 4.69) is 9.89 Å². The van der Waals surface area contributed by atoms with Crippen molar-refractivity contribution < 1.29 is 4.92 Å². The zero-order valence-electron chi connectivity index (χ0n) is 17.7. The summed E-state index contributed by atoms with van der Waals surface area (Å²) in [4.78, 5) is 30.8. The number of non-ortho nitro benzene ring substituents is 1. The first-order valence-corrected chi connectivity index (χ1v) is 10.4. The largest absolute Gasteiger partial charge is 0.371 e. The van der Waals surface area contributed by atoms with E-state index in [1.54, 1.807) is 21.6 Å². The molecule has 160 valence electrons. The molecule has 0 unspecified atom stereocenters. The molecule has 1 aromatic heterocycles. The fourth-order valence-electron chi connectivity index (χ4n) is 4.02. The molecule has 3 aromatic rings. The van der Waals surface area contributed by atoms with Gasteiger partial charge in [-0.2, -0.15) is 0 Å². The van der Waals surface area contributed by atoms with Gasteiger partial charge in [0, 0.05) is 49.7 Å². The molecule has 1 fully saturated rings. The molecule has 0 amide bonds. The van der Waals surface area contributed by atoms with Gasteiger partial charge in [0.2, 0.25) is 0 Å². The second-order valence-electron chi connectivity index (χ2n) is 7.72. The predicted molar refractivity (Wildman–Crippen MR) is 122 cm³/mol. The molecule has 0 atom stereocenters. The van der Waals surface area contributed by atoms with Crippen molar-refractivity contribution in [2.24, 2.45) is 12.0 Å². The number of nitro benzene ring substituents is 1. The van der Waals surface area contributed by atoms with E-state index in [4.69, 9.17) is 0 Å². The van der Waals surface area contributed by atoms with Crippen LogP contribution in [0, 0.1) is 17.0 Å². The first-order valence-electron chi connectivity index (χ1n) is 10.4. The van der Waals surface area contributed by atoms with E-state index in [9.17, 15) is 14.9 Å². The second-order valence-corrected chi connectivity index (χ2v) is 7.72. The van der Waals surface area contributed by atoms with E-state index in [-0.39, 0.29) is 11.2 Å². The van der Waals surface area contributed by atoms with Crippen LogP contribution >= 0.6 is 0 Å². The first-order chi connectivity index (χ1) is 15.0. The molecule has 2 heterocycles. The van der Waals surface area contributed by atoms with E-state index in [0.717, 1.165) is 43.0 Å². The standard InChI is InChI=1S/C23H25N5O3/c1-17-22(23(29)27(25(17)2)19-9-5-3-6-10-19)24-16-18-15-20(28(30)31)11-12-21(18)26-13-7-4-8-14-26/h3,5-6,9-12,15-16H,4,7-8,13-14H2,1-2H3. The highest BCUT2D eigenvalue weighted by atomic mass is 16.6. The van der Waals surface area contributed by atoms with E-state index >= 15 is 0 Å². The van der Waals surface area contributed by atoms with Gasteiger partial charge in [-0.1, -0.05) is 18.2 Å². The minimum atomic E-state index is -0.409. The molecule has 0 radical (unpaired) electrons. The van der Waals surface area contributed by atoms with Crippen molar-refractivity contribution in [3.05, 3.63) is 80.3 Å². The Kier molecular flexibility index (Phi) is 5.70. The molecule has 8 heteroatoms. The van der Waals surface area contributed by atoms with E-state index < -0.39 is 4.92 Å². The van der Waals surface area contributed by atoms with Crippen LogP contribution in [0.3, 0.4) is 0 Å². The van der Waals surface area contributed by atoms with Crippen LogP contribution in [0.25, 0.3) is 5.69 Å². The maximum Gasteiger partial charge on any atom is 0.297 e. The third-order valence-corrected chi connectivity index (χ3v) is 5.78. The number of nitro groups is 1. The summed E-state index contributed by atoms with van der Waals surface area (Å²) in [6.07, 6.45) is 4.95. The Hall–Kier alpha value is -3.68. The summed E-state index contributed by atoms with van der Waals surface area (Å²) in [6.45, 7) is 3.65. The zero-order valence-corrected chi connectivity index (χ0v) is 17.7. The van der Waals surface area contributed by atoms with Crippen LogP contribution in [0.15, 0.2) is 58.3 Å². The highest BCUT2D eigenvalue weighted by Gasteiger charge is 2.18. The molecule has 0 N–H and O–H groups in total. The molecule has 0 spiro atoms. The predicted octanol–water partition coefficient (Wildman–Crippen LogP) is 4.13. The van der Waals surface area contributed by atoms with Crippen molar-refractivity contribution in [2.75, 3.05) is 18.0 Å². The molecule has 1 aliphatic heterocycles. The Bertz CT molecular complexity index is 1190. The highest BCUT2D eigenvalue weighted by Crippen LogP contribution is 2.27. The maximum absolute atomic E-state index is 13.1. The van der Waals surface area contributed by atoms with Gasteiger partial charge in [0.1, 0.15) is 0 Å². The lowest BCUT2D eigenvalue weighted by atomic mass is 10.1. The van der Waals surface area contributed by atoms with Crippen LogP contribution in [-0.4, -0.2) is 33.6 Å². The zero-order chi connectivity index (χ0) is 22.0. The molecule has 2 aromatic carbocycles. The van der Waals surface area contributed by atoms with Crippen LogP contribution in [0.5, 0.6) is 0 Å². The van der Waals surface area contributed by atoms with Gasteiger partial charge in [0.05, 0.1) is 16.3 Å². The minimum absolute atomic E-state index is 0.00805. The average Bonchev–Trinajstić information content (AvgIpc) is 3.01. The lowest BCUT2D eigenvalue weighted by Crippen LogP contribution is -2.30. The third kappa shape index (κ3) is 4.01. The molecule has 0 saturated carbocycles. The summed E-state index contributed by atoms with van der Waals surface area (Å²) in [7, 11) is 1.81. The second kappa shape index (κ2) is 8.59. The van der Waals surface area contributed by atoms with E-state index in [1.807, 2.05) is 44.3 Å². The number of aromatic nitrogens is 2. The summed E-state index contributed by atoms with van der Waals surface area (Å²) in [5.74, 6) is 0. The van der Waals surface area contributed by atoms with Gasteiger partial charge in [-0.05, 0) is 44.4 Å². The normalized spacial score (nSPS) is 14.3. The van der Waals surface area contributed by atoms with Gasteiger partial charge in [0.15, 0.2) is 5.69 Å². The molecule has 0 aliphatic carbocycles. The molecule has 8 nitrogen and oxygen atoms in total. The van der Waals surface area contributed by atoms with Gasteiger partial charge in [-0.25, -0.2) is 9.67 Å². The van der Waals surface area contributed by atoms with E-state index in [0.29, 0.717) is 11.3 Å². The van der Waals surface area contributed by atoms with Crippen LogP contribution < -0.4 is 10.5 Å². The smallest absolute Gasteiger partial charge is 0.297 e. The van der Waals surface area contributed by atoms with Gasteiger partial charge in [-0.3, -0.25) is 19.6 Å². The Morgan fingerprint density at radius 3 is 2.45 bits per heavy atom. The molecule has 0 bridgehead atoms.